The van der Waals surface area contributed by atoms with Crippen molar-refractivity contribution in [2.75, 3.05) is 24.3 Å². The SMILES string of the molecule is CN(C)c1ccc(Br)cc1NCc1cccc(F)c1O. The van der Waals surface area contributed by atoms with Crippen LogP contribution in [0.3, 0.4) is 0 Å². The lowest BCUT2D eigenvalue weighted by molar-refractivity contribution is 0.427. The first-order valence-electron chi connectivity index (χ1n) is 6.16. The van der Waals surface area contributed by atoms with E-state index in [9.17, 15) is 9.50 Å². The minimum Gasteiger partial charge on any atom is -0.505 e. The minimum absolute atomic E-state index is 0.304. The molecule has 0 amide bonds. The highest BCUT2D eigenvalue weighted by Gasteiger charge is 2.09. The lowest BCUT2D eigenvalue weighted by Crippen LogP contribution is -2.12. The summed E-state index contributed by atoms with van der Waals surface area (Å²) in [4.78, 5) is 1.99. The van der Waals surface area contributed by atoms with Crippen LogP contribution in [-0.2, 0) is 6.54 Å². The standard InChI is InChI=1S/C15H16BrFN2O/c1-19(2)14-7-6-11(16)8-13(14)18-9-10-4-3-5-12(17)15(10)20/h3-8,18,20H,9H2,1-2H3. The summed E-state index contributed by atoms with van der Waals surface area (Å²) in [7, 11) is 3.90. The van der Waals surface area contributed by atoms with Gasteiger partial charge < -0.3 is 15.3 Å². The first kappa shape index (κ1) is 14.7. The van der Waals surface area contributed by atoms with Crippen molar-refractivity contribution in [1.29, 1.82) is 0 Å². The molecule has 0 aromatic heterocycles. The molecule has 0 radical (unpaired) electrons. The Kier molecular flexibility index (Phi) is 4.49. The van der Waals surface area contributed by atoms with Crippen LogP contribution in [-0.4, -0.2) is 19.2 Å². The number of para-hydroxylation sites is 1. The summed E-state index contributed by atoms with van der Waals surface area (Å²) >= 11 is 3.43. The minimum atomic E-state index is -0.605. The molecule has 106 valence electrons. The van der Waals surface area contributed by atoms with Gasteiger partial charge in [0.25, 0.3) is 0 Å². The van der Waals surface area contributed by atoms with Gasteiger partial charge in [-0.3, -0.25) is 0 Å². The number of nitrogens with one attached hydrogen (secondary N) is 1. The molecule has 0 bridgehead atoms. The van der Waals surface area contributed by atoms with Gasteiger partial charge in [-0.1, -0.05) is 28.1 Å². The fourth-order valence-electron chi connectivity index (χ4n) is 1.93. The van der Waals surface area contributed by atoms with Gasteiger partial charge in [-0.05, 0) is 24.3 Å². The van der Waals surface area contributed by atoms with Crippen LogP contribution in [0.5, 0.6) is 5.75 Å². The van der Waals surface area contributed by atoms with E-state index < -0.39 is 5.82 Å². The number of aromatic hydroxyl groups is 1. The monoisotopic (exact) mass is 338 g/mol. The van der Waals surface area contributed by atoms with Crippen molar-refractivity contribution in [2.24, 2.45) is 0 Å². The van der Waals surface area contributed by atoms with Crippen LogP contribution >= 0.6 is 15.9 Å². The highest BCUT2D eigenvalue weighted by Crippen LogP contribution is 2.29. The number of rotatable bonds is 4. The molecule has 0 aliphatic heterocycles. The maximum atomic E-state index is 13.3. The summed E-state index contributed by atoms with van der Waals surface area (Å²) in [6.07, 6.45) is 0. The Morgan fingerprint density at radius 3 is 2.70 bits per heavy atom. The van der Waals surface area contributed by atoms with Gasteiger partial charge >= 0.3 is 0 Å². The molecular weight excluding hydrogens is 323 g/mol. The van der Waals surface area contributed by atoms with Crippen LogP contribution in [0, 0.1) is 5.82 Å². The third-order valence-electron chi connectivity index (χ3n) is 2.98. The number of nitrogens with zero attached hydrogens (tertiary/aromatic N) is 1. The van der Waals surface area contributed by atoms with E-state index in [1.165, 1.54) is 6.07 Å². The third kappa shape index (κ3) is 3.22. The summed E-state index contributed by atoms with van der Waals surface area (Å²) in [5, 5.41) is 12.9. The molecule has 2 aromatic carbocycles. The zero-order valence-corrected chi connectivity index (χ0v) is 12.9. The summed E-state index contributed by atoms with van der Waals surface area (Å²) in [5.41, 5.74) is 2.45. The molecule has 2 rings (SSSR count). The van der Waals surface area contributed by atoms with Crippen LogP contribution < -0.4 is 10.2 Å². The Bertz CT molecular complexity index is 617. The van der Waals surface area contributed by atoms with Crippen LogP contribution in [0.2, 0.25) is 0 Å². The van der Waals surface area contributed by atoms with E-state index in [2.05, 4.69) is 21.2 Å². The smallest absolute Gasteiger partial charge is 0.165 e. The summed E-state index contributed by atoms with van der Waals surface area (Å²) < 4.78 is 14.2. The summed E-state index contributed by atoms with van der Waals surface area (Å²) in [6.45, 7) is 0.348. The number of phenols is 1. The van der Waals surface area contributed by atoms with E-state index in [1.54, 1.807) is 12.1 Å². The normalized spacial score (nSPS) is 10.4. The highest BCUT2D eigenvalue weighted by atomic mass is 79.9. The van der Waals surface area contributed by atoms with E-state index in [1.807, 2.05) is 37.2 Å². The molecule has 0 heterocycles. The molecule has 2 aromatic rings. The average Bonchev–Trinajstić information content (AvgIpc) is 2.40. The Labute approximate surface area is 126 Å². The van der Waals surface area contributed by atoms with E-state index in [0.29, 0.717) is 12.1 Å². The first-order chi connectivity index (χ1) is 9.49. The fraction of sp³-hybridized carbons (Fsp3) is 0.200. The van der Waals surface area contributed by atoms with Gasteiger partial charge in [0, 0.05) is 30.7 Å². The van der Waals surface area contributed by atoms with Crippen molar-refractivity contribution in [3.63, 3.8) is 0 Å². The second kappa shape index (κ2) is 6.13. The van der Waals surface area contributed by atoms with Gasteiger partial charge in [-0.15, -0.1) is 0 Å². The van der Waals surface area contributed by atoms with Crippen molar-refractivity contribution >= 4 is 27.3 Å². The van der Waals surface area contributed by atoms with E-state index in [4.69, 9.17) is 0 Å². The zero-order valence-electron chi connectivity index (χ0n) is 11.3. The highest BCUT2D eigenvalue weighted by molar-refractivity contribution is 9.10. The predicted octanol–water partition coefficient (Wildman–Crippen LogP) is 3.97. The number of anilines is 2. The summed E-state index contributed by atoms with van der Waals surface area (Å²) in [5.74, 6) is -0.909. The molecule has 2 N–H and O–H groups in total. The van der Waals surface area contributed by atoms with E-state index in [0.717, 1.165) is 15.8 Å². The van der Waals surface area contributed by atoms with Gasteiger partial charge in [-0.2, -0.15) is 0 Å². The quantitative estimate of drug-likeness (QED) is 0.885. The lowest BCUT2D eigenvalue weighted by Gasteiger charge is -2.19. The zero-order chi connectivity index (χ0) is 14.7. The van der Waals surface area contributed by atoms with Crippen molar-refractivity contribution in [1.82, 2.24) is 0 Å². The van der Waals surface area contributed by atoms with Gasteiger partial charge in [0.05, 0.1) is 11.4 Å². The molecule has 0 unspecified atom stereocenters. The Morgan fingerprint density at radius 2 is 2.00 bits per heavy atom. The topological polar surface area (TPSA) is 35.5 Å². The number of phenolic OH excluding ortho intramolecular Hbond substituents is 1. The first-order valence-corrected chi connectivity index (χ1v) is 6.95. The second-order valence-corrected chi connectivity index (χ2v) is 5.57. The molecule has 0 aliphatic carbocycles. The van der Waals surface area contributed by atoms with Crippen LogP contribution in [0.15, 0.2) is 40.9 Å². The maximum Gasteiger partial charge on any atom is 0.165 e. The molecule has 0 aliphatic rings. The number of hydrogen-bond acceptors (Lipinski definition) is 3. The Morgan fingerprint density at radius 1 is 1.25 bits per heavy atom. The molecule has 0 saturated heterocycles. The Balaban J connectivity index is 2.22. The van der Waals surface area contributed by atoms with Crippen molar-refractivity contribution in [2.45, 2.75) is 6.54 Å². The fourth-order valence-corrected chi connectivity index (χ4v) is 2.29. The molecule has 5 heteroatoms. The van der Waals surface area contributed by atoms with Crippen molar-refractivity contribution in [3.8, 4) is 5.75 Å². The summed E-state index contributed by atoms with van der Waals surface area (Å²) in [6, 6.07) is 10.4. The molecule has 0 spiro atoms. The van der Waals surface area contributed by atoms with Crippen molar-refractivity contribution < 1.29 is 9.50 Å². The van der Waals surface area contributed by atoms with Crippen molar-refractivity contribution in [3.05, 3.63) is 52.3 Å². The molecule has 0 fully saturated rings. The number of hydrogen-bond donors (Lipinski definition) is 2. The van der Waals surface area contributed by atoms with Gasteiger partial charge in [0.1, 0.15) is 0 Å². The van der Waals surface area contributed by atoms with Gasteiger partial charge in [0.2, 0.25) is 0 Å². The Hall–Kier alpha value is -1.75. The third-order valence-corrected chi connectivity index (χ3v) is 3.47. The van der Waals surface area contributed by atoms with Crippen LogP contribution in [0.4, 0.5) is 15.8 Å². The number of benzene rings is 2. The molecule has 0 saturated carbocycles. The maximum absolute atomic E-state index is 13.3. The predicted molar refractivity (Wildman–Crippen MR) is 83.9 cm³/mol. The lowest BCUT2D eigenvalue weighted by atomic mass is 10.2. The van der Waals surface area contributed by atoms with E-state index >= 15 is 0 Å². The molecular formula is C15H16BrFN2O. The average molecular weight is 339 g/mol. The number of halogens is 2. The largest absolute Gasteiger partial charge is 0.505 e. The molecule has 3 nitrogen and oxygen atoms in total. The molecule has 0 atom stereocenters. The second-order valence-electron chi connectivity index (χ2n) is 4.66. The van der Waals surface area contributed by atoms with Crippen LogP contribution in [0.25, 0.3) is 0 Å². The van der Waals surface area contributed by atoms with Crippen LogP contribution in [0.1, 0.15) is 5.56 Å². The van der Waals surface area contributed by atoms with E-state index in [-0.39, 0.29) is 5.75 Å². The van der Waals surface area contributed by atoms with Gasteiger partial charge in [0.15, 0.2) is 11.6 Å². The van der Waals surface area contributed by atoms with Gasteiger partial charge in [-0.25, -0.2) is 4.39 Å². The molecule has 20 heavy (non-hydrogen) atoms.